The number of amides is 2. The van der Waals surface area contributed by atoms with E-state index in [2.05, 4.69) is 24.1 Å². The van der Waals surface area contributed by atoms with Gasteiger partial charge in [-0.2, -0.15) is 0 Å². The van der Waals surface area contributed by atoms with Gasteiger partial charge in [0.1, 0.15) is 18.0 Å². The second-order valence-electron chi connectivity index (χ2n) is 10.7. The van der Waals surface area contributed by atoms with Crippen molar-refractivity contribution >= 4 is 23.4 Å². The molecule has 1 atom stereocenters. The molecule has 0 radical (unpaired) electrons. The molecule has 7 nitrogen and oxygen atoms in total. The van der Waals surface area contributed by atoms with Crippen molar-refractivity contribution in [3.05, 3.63) is 28.3 Å². The van der Waals surface area contributed by atoms with E-state index in [-0.39, 0.29) is 24.3 Å². The summed E-state index contributed by atoms with van der Waals surface area (Å²) in [5.41, 5.74) is 1.23. The number of carbonyl (C=O) groups is 2. The van der Waals surface area contributed by atoms with E-state index < -0.39 is 5.60 Å². The first-order valence-electron chi connectivity index (χ1n) is 12.9. The highest BCUT2D eigenvalue weighted by molar-refractivity contribution is 6.32. The van der Waals surface area contributed by atoms with E-state index in [0.29, 0.717) is 38.8 Å². The molecule has 2 fully saturated rings. The number of nitrogens with one attached hydrogen (secondary N) is 1. The first kappa shape index (κ1) is 27.8. The number of piperidine rings is 1. The first-order chi connectivity index (χ1) is 16.6. The van der Waals surface area contributed by atoms with Gasteiger partial charge in [0.25, 0.3) is 0 Å². The van der Waals surface area contributed by atoms with Crippen molar-refractivity contribution in [2.45, 2.75) is 71.9 Å². The molecule has 2 heterocycles. The second-order valence-corrected chi connectivity index (χ2v) is 11.1. The molecule has 0 aliphatic carbocycles. The number of ether oxygens (including phenoxy) is 2. The van der Waals surface area contributed by atoms with Gasteiger partial charge < -0.3 is 19.7 Å². The van der Waals surface area contributed by atoms with Crippen LogP contribution in [0.2, 0.25) is 5.02 Å². The molecule has 196 valence electrons. The third-order valence-corrected chi connectivity index (χ3v) is 7.59. The normalized spacial score (nSPS) is 21.9. The molecule has 2 saturated heterocycles. The summed E-state index contributed by atoms with van der Waals surface area (Å²) < 4.78 is 12.6. The summed E-state index contributed by atoms with van der Waals surface area (Å²) in [6, 6.07) is 4.02. The van der Waals surface area contributed by atoms with Crippen molar-refractivity contribution in [2.24, 2.45) is 5.92 Å². The Morgan fingerprint density at radius 1 is 1.20 bits per heavy atom. The molecule has 2 amide bonds. The number of carbonyl (C=O) groups excluding carboxylic acids is 2. The van der Waals surface area contributed by atoms with Gasteiger partial charge in [0.15, 0.2) is 0 Å². The highest BCUT2D eigenvalue weighted by atomic mass is 35.5. The van der Waals surface area contributed by atoms with Crippen LogP contribution in [0.1, 0.15) is 57.6 Å². The fourth-order valence-electron chi connectivity index (χ4n) is 4.95. The average Bonchev–Trinajstić information content (AvgIpc) is 2.80. The van der Waals surface area contributed by atoms with Crippen LogP contribution < -0.4 is 10.1 Å². The summed E-state index contributed by atoms with van der Waals surface area (Å²) in [6.07, 6.45) is 2.94. The number of hydrogen-bond donors (Lipinski definition) is 1. The third-order valence-electron chi connectivity index (χ3n) is 6.99. The lowest BCUT2D eigenvalue weighted by molar-refractivity contribution is -0.157. The van der Waals surface area contributed by atoms with Crippen molar-refractivity contribution in [1.82, 2.24) is 15.1 Å². The van der Waals surface area contributed by atoms with Crippen LogP contribution in [0.4, 0.5) is 0 Å². The smallest absolute Gasteiger partial charge is 0.225 e. The lowest BCUT2D eigenvalue weighted by Crippen LogP contribution is -2.58. The largest absolute Gasteiger partial charge is 0.490 e. The number of aryl methyl sites for hydroxylation is 2. The Morgan fingerprint density at radius 2 is 1.86 bits per heavy atom. The van der Waals surface area contributed by atoms with E-state index in [9.17, 15) is 9.59 Å². The lowest BCUT2D eigenvalue weighted by atomic mass is 9.95. The van der Waals surface area contributed by atoms with Gasteiger partial charge in [-0.25, -0.2) is 0 Å². The fraction of sp³-hybridized carbons (Fsp3) is 0.704. The maximum absolute atomic E-state index is 13.4. The molecule has 1 N–H and O–H groups in total. The molecule has 3 rings (SSSR count). The summed E-state index contributed by atoms with van der Waals surface area (Å²) in [5.74, 6) is 1.44. The molecule has 0 spiro atoms. The lowest BCUT2D eigenvalue weighted by Gasteiger charge is -2.43. The van der Waals surface area contributed by atoms with E-state index in [1.165, 1.54) is 6.92 Å². The van der Waals surface area contributed by atoms with Gasteiger partial charge in [0.05, 0.1) is 13.0 Å². The van der Waals surface area contributed by atoms with Crippen molar-refractivity contribution in [3.8, 4) is 5.75 Å². The van der Waals surface area contributed by atoms with Crippen LogP contribution in [0.5, 0.6) is 5.75 Å². The summed E-state index contributed by atoms with van der Waals surface area (Å²) in [7, 11) is 0. The van der Waals surface area contributed by atoms with E-state index in [0.717, 1.165) is 54.3 Å². The van der Waals surface area contributed by atoms with Crippen LogP contribution in [0, 0.1) is 19.8 Å². The Bertz CT molecular complexity index is 862. The fourth-order valence-corrected chi connectivity index (χ4v) is 5.06. The van der Waals surface area contributed by atoms with E-state index in [4.69, 9.17) is 21.1 Å². The zero-order valence-electron chi connectivity index (χ0n) is 22.0. The SMILES string of the molecule is CC(=O)NC1CCN(C(=O)C[C@@]2(COc3cc(C)c(Cl)c(C)c3)CN(CCC(C)C)CCO2)CC1. The summed E-state index contributed by atoms with van der Waals surface area (Å²) in [4.78, 5) is 29.1. The van der Waals surface area contributed by atoms with Gasteiger partial charge >= 0.3 is 0 Å². The van der Waals surface area contributed by atoms with Crippen LogP contribution in [0.15, 0.2) is 12.1 Å². The van der Waals surface area contributed by atoms with Gasteiger partial charge in [-0.3, -0.25) is 14.5 Å². The molecular weight excluding hydrogens is 466 g/mol. The van der Waals surface area contributed by atoms with E-state index in [1.54, 1.807) is 0 Å². The molecule has 0 bridgehead atoms. The molecule has 0 aromatic heterocycles. The zero-order valence-corrected chi connectivity index (χ0v) is 22.7. The number of morpholine rings is 1. The van der Waals surface area contributed by atoms with Crippen molar-refractivity contribution in [3.63, 3.8) is 0 Å². The summed E-state index contributed by atoms with van der Waals surface area (Å²) >= 11 is 6.34. The molecule has 0 saturated carbocycles. The highest BCUT2D eigenvalue weighted by Gasteiger charge is 2.41. The van der Waals surface area contributed by atoms with Gasteiger partial charge in [-0.15, -0.1) is 0 Å². The van der Waals surface area contributed by atoms with E-state index >= 15 is 0 Å². The zero-order chi connectivity index (χ0) is 25.6. The number of halogens is 1. The van der Waals surface area contributed by atoms with Crippen LogP contribution in [-0.4, -0.2) is 79.2 Å². The van der Waals surface area contributed by atoms with Crippen LogP contribution in [-0.2, 0) is 14.3 Å². The first-order valence-corrected chi connectivity index (χ1v) is 13.3. The predicted octanol–water partition coefficient (Wildman–Crippen LogP) is 3.97. The quantitative estimate of drug-likeness (QED) is 0.547. The molecule has 0 unspecified atom stereocenters. The van der Waals surface area contributed by atoms with Gasteiger partial charge in [-0.1, -0.05) is 25.4 Å². The number of rotatable bonds is 9. The second kappa shape index (κ2) is 12.4. The third kappa shape index (κ3) is 8.09. The molecule has 8 heteroatoms. The molecule has 2 aliphatic heterocycles. The molecule has 1 aromatic carbocycles. The topological polar surface area (TPSA) is 71.1 Å². The molecule has 1 aromatic rings. The number of likely N-dealkylation sites (tertiary alicyclic amines) is 1. The standard InChI is InChI=1S/C27H42ClN3O4/c1-19(2)6-9-30-12-13-35-27(17-30,18-34-24-14-20(3)26(28)21(4)15-24)16-25(33)31-10-7-23(8-11-31)29-22(5)32/h14-15,19,23H,6-13,16-18H2,1-5H3,(H,29,32)/t27-/m0/s1. The number of benzene rings is 1. The molecular formula is C27H42ClN3O4. The van der Waals surface area contributed by atoms with Gasteiger partial charge in [-0.05, 0) is 68.8 Å². The molecule has 2 aliphatic rings. The Labute approximate surface area is 215 Å². The van der Waals surface area contributed by atoms with Crippen LogP contribution in [0.3, 0.4) is 0 Å². The number of hydrogen-bond acceptors (Lipinski definition) is 5. The Hall–Kier alpha value is -1.83. The minimum atomic E-state index is -0.706. The summed E-state index contributed by atoms with van der Waals surface area (Å²) in [5, 5.41) is 3.72. The summed E-state index contributed by atoms with van der Waals surface area (Å²) in [6.45, 7) is 14.6. The van der Waals surface area contributed by atoms with Crippen LogP contribution >= 0.6 is 11.6 Å². The monoisotopic (exact) mass is 507 g/mol. The van der Waals surface area contributed by atoms with Crippen LogP contribution in [0.25, 0.3) is 0 Å². The molecule has 35 heavy (non-hydrogen) atoms. The minimum Gasteiger partial charge on any atom is -0.490 e. The maximum Gasteiger partial charge on any atom is 0.225 e. The highest BCUT2D eigenvalue weighted by Crippen LogP contribution is 2.29. The predicted molar refractivity (Wildman–Crippen MR) is 139 cm³/mol. The maximum atomic E-state index is 13.4. The Kier molecular flexibility index (Phi) is 9.85. The number of nitrogens with zero attached hydrogens (tertiary/aromatic N) is 2. The Balaban J connectivity index is 1.70. The Morgan fingerprint density at radius 3 is 2.46 bits per heavy atom. The van der Waals surface area contributed by atoms with Gasteiger partial charge in [0, 0.05) is 44.2 Å². The van der Waals surface area contributed by atoms with E-state index in [1.807, 2.05) is 30.9 Å². The van der Waals surface area contributed by atoms with Crippen molar-refractivity contribution in [2.75, 3.05) is 45.9 Å². The average molecular weight is 508 g/mol. The minimum absolute atomic E-state index is 0.0179. The van der Waals surface area contributed by atoms with Gasteiger partial charge in [0.2, 0.25) is 11.8 Å². The van der Waals surface area contributed by atoms with Crippen molar-refractivity contribution in [1.29, 1.82) is 0 Å². The van der Waals surface area contributed by atoms with Crippen molar-refractivity contribution < 1.29 is 19.1 Å².